The van der Waals surface area contributed by atoms with Crippen LogP contribution in [0.4, 0.5) is 0 Å². The van der Waals surface area contributed by atoms with E-state index < -0.39 is 0 Å². The summed E-state index contributed by atoms with van der Waals surface area (Å²) in [5.74, 6) is 1.56. The van der Waals surface area contributed by atoms with Gasteiger partial charge in [0, 0.05) is 0 Å². The fourth-order valence-electron chi connectivity index (χ4n) is 1.60. The Kier molecular flexibility index (Phi) is 6.45. The molecule has 0 amide bonds. The van der Waals surface area contributed by atoms with Crippen LogP contribution in [-0.4, -0.2) is 11.2 Å². The van der Waals surface area contributed by atoms with Gasteiger partial charge in [-0.15, -0.1) is 0 Å². The highest BCUT2D eigenvalue weighted by Crippen LogP contribution is 2.17. The maximum Gasteiger partial charge on any atom is 0.0537 e. The lowest BCUT2D eigenvalue weighted by atomic mass is 9.93. The van der Waals surface area contributed by atoms with Crippen molar-refractivity contribution in [3.05, 3.63) is 0 Å². The summed E-state index contributed by atoms with van der Waals surface area (Å²) in [5.41, 5.74) is 0. The van der Waals surface area contributed by atoms with E-state index in [9.17, 15) is 5.11 Å². The van der Waals surface area contributed by atoms with Crippen molar-refractivity contribution >= 4 is 0 Å². The van der Waals surface area contributed by atoms with E-state index in [0.717, 1.165) is 24.7 Å². The van der Waals surface area contributed by atoms with Crippen LogP contribution in [0.5, 0.6) is 0 Å². The normalized spacial score (nSPS) is 16.5. The van der Waals surface area contributed by atoms with Crippen LogP contribution in [0, 0.1) is 11.8 Å². The molecular weight excluding hydrogens is 148 g/mol. The Bertz CT molecular complexity index is 99.2. The lowest BCUT2D eigenvalue weighted by Gasteiger charge is -2.15. The van der Waals surface area contributed by atoms with Crippen LogP contribution in [0.25, 0.3) is 0 Å². The van der Waals surface area contributed by atoms with E-state index in [2.05, 4.69) is 20.8 Å². The van der Waals surface area contributed by atoms with E-state index in [1.165, 1.54) is 12.8 Å². The van der Waals surface area contributed by atoms with Crippen molar-refractivity contribution in [3.63, 3.8) is 0 Å². The summed E-state index contributed by atoms with van der Waals surface area (Å²) in [7, 11) is 0. The minimum Gasteiger partial charge on any atom is -0.393 e. The second-order valence-electron chi connectivity index (χ2n) is 4.37. The van der Waals surface area contributed by atoms with E-state index in [1.807, 2.05) is 6.92 Å². The molecule has 1 heteroatoms. The maximum atomic E-state index is 9.34. The predicted octanol–water partition coefficient (Wildman–Crippen LogP) is 3.22. The van der Waals surface area contributed by atoms with Gasteiger partial charge in [0.15, 0.2) is 0 Å². The molecule has 0 saturated carbocycles. The zero-order valence-electron chi connectivity index (χ0n) is 9.01. The zero-order valence-corrected chi connectivity index (χ0v) is 9.01. The molecule has 0 aliphatic carbocycles. The fraction of sp³-hybridized carbons (Fsp3) is 1.00. The average Bonchev–Trinajstić information content (AvgIpc) is 1.99. The molecule has 0 rings (SSSR count). The topological polar surface area (TPSA) is 20.2 Å². The molecule has 2 atom stereocenters. The Balaban J connectivity index is 3.36. The van der Waals surface area contributed by atoms with E-state index in [4.69, 9.17) is 0 Å². The van der Waals surface area contributed by atoms with Crippen LogP contribution in [0.2, 0.25) is 0 Å². The van der Waals surface area contributed by atoms with Crippen molar-refractivity contribution < 1.29 is 5.11 Å². The summed E-state index contributed by atoms with van der Waals surface area (Å²) in [6.07, 6.45) is 4.27. The molecule has 0 aromatic rings. The molecule has 1 N–H and O–H groups in total. The molecule has 0 spiro atoms. The minimum atomic E-state index is -0.0698. The first-order valence-corrected chi connectivity index (χ1v) is 5.24. The summed E-state index contributed by atoms with van der Waals surface area (Å²) in [5, 5.41) is 9.34. The van der Waals surface area contributed by atoms with Crippen molar-refractivity contribution in [1.29, 1.82) is 0 Å². The van der Waals surface area contributed by atoms with Crippen LogP contribution in [0.15, 0.2) is 0 Å². The van der Waals surface area contributed by atoms with Gasteiger partial charge in [0.1, 0.15) is 0 Å². The monoisotopic (exact) mass is 172 g/mol. The van der Waals surface area contributed by atoms with Crippen LogP contribution >= 0.6 is 0 Å². The third kappa shape index (κ3) is 6.66. The van der Waals surface area contributed by atoms with Gasteiger partial charge in [0.25, 0.3) is 0 Å². The first kappa shape index (κ1) is 12.0. The highest BCUT2D eigenvalue weighted by atomic mass is 16.3. The van der Waals surface area contributed by atoms with Crippen molar-refractivity contribution in [2.75, 3.05) is 0 Å². The van der Waals surface area contributed by atoms with Crippen molar-refractivity contribution in [2.24, 2.45) is 11.8 Å². The Morgan fingerprint density at radius 2 is 1.67 bits per heavy atom. The van der Waals surface area contributed by atoms with Crippen molar-refractivity contribution in [3.8, 4) is 0 Å². The Hall–Kier alpha value is -0.0400. The smallest absolute Gasteiger partial charge is 0.0537 e. The van der Waals surface area contributed by atoms with Gasteiger partial charge >= 0.3 is 0 Å². The van der Waals surface area contributed by atoms with E-state index in [1.54, 1.807) is 0 Å². The van der Waals surface area contributed by atoms with Gasteiger partial charge in [0.05, 0.1) is 6.10 Å². The van der Waals surface area contributed by atoms with Crippen LogP contribution in [0.1, 0.15) is 53.4 Å². The zero-order chi connectivity index (χ0) is 9.56. The summed E-state index contributed by atoms with van der Waals surface area (Å²) in [4.78, 5) is 0. The number of aliphatic hydroxyl groups excluding tert-OH is 1. The molecule has 0 radical (unpaired) electrons. The number of aliphatic hydroxyl groups is 1. The van der Waals surface area contributed by atoms with Crippen molar-refractivity contribution in [2.45, 2.75) is 59.5 Å². The third-order valence-corrected chi connectivity index (χ3v) is 2.34. The first-order valence-electron chi connectivity index (χ1n) is 5.24. The molecule has 74 valence electrons. The molecule has 0 saturated heterocycles. The second-order valence-corrected chi connectivity index (χ2v) is 4.37. The minimum absolute atomic E-state index is 0.0698. The maximum absolute atomic E-state index is 9.34. The third-order valence-electron chi connectivity index (χ3n) is 2.34. The quantitative estimate of drug-likeness (QED) is 0.652. The van der Waals surface area contributed by atoms with Gasteiger partial charge in [-0.3, -0.25) is 0 Å². The Morgan fingerprint density at radius 3 is 2.08 bits per heavy atom. The lowest BCUT2D eigenvalue weighted by Crippen LogP contribution is -2.08. The van der Waals surface area contributed by atoms with Gasteiger partial charge in [-0.1, -0.05) is 27.7 Å². The molecular formula is C11H24O. The van der Waals surface area contributed by atoms with Gasteiger partial charge in [-0.2, -0.15) is 0 Å². The SMILES string of the molecule is CCC(O)CCC(C)CC(C)C. The summed E-state index contributed by atoms with van der Waals surface area (Å²) in [6, 6.07) is 0. The van der Waals surface area contributed by atoms with Gasteiger partial charge in [-0.25, -0.2) is 0 Å². The molecule has 0 aliphatic heterocycles. The summed E-state index contributed by atoms with van der Waals surface area (Å²) < 4.78 is 0. The molecule has 0 aliphatic rings. The van der Waals surface area contributed by atoms with Gasteiger partial charge in [0.2, 0.25) is 0 Å². The number of hydrogen-bond acceptors (Lipinski definition) is 1. The molecule has 2 unspecified atom stereocenters. The van der Waals surface area contributed by atoms with E-state index in [-0.39, 0.29) is 6.10 Å². The average molecular weight is 172 g/mol. The van der Waals surface area contributed by atoms with Gasteiger partial charge in [-0.05, 0) is 37.5 Å². The number of hydrogen-bond donors (Lipinski definition) is 1. The summed E-state index contributed by atoms with van der Waals surface area (Å²) in [6.45, 7) is 8.83. The van der Waals surface area contributed by atoms with Gasteiger partial charge < -0.3 is 5.11 Å². The van der Waals surface area contributed by atoms with E-state index in [0.29, 0.717) is 0 Å². The first-order chi connectivity index (χ1) is 5.56. The molecule has 0 fully saturated rings. The molecule has 1 nitrogen and oxygen atoms in total. The predicted molar refractivity (Wildman–Crippen MR) is 54.2 cm³/mol. The van der Waals surface area contributed by atoms with Crippen molar-refractivity contribution in [1.82, 2.24) is 0 Å². The fourth-order valence-corrected chi connectivity index (χ4v) is 1.60. The molecule has 0 aromatic carbocycles. The second kappa shape index (κ2) is 6.47. The molecule has 0 heterocycles. The van der Waals surface area contributed by atoms with Crippen LogP contribution in [0.3, 0.4) is 0 Å². The standard InChI is InChI=1S/C11H24O/c1-5-11(12)7-6-10(4)8-9(2)3/h9-12H,5-8H2,1-4H3. The largest absolute Gasteiger partial charge is 0.393 e. The van der Waals surface area contributed by atoms with E-state index >= 15 is 0 Å². The van der Waals surface area contributed by atoms with Crippen LogP contribution < -0.4 is 0 Å². The van der Waals surface area contributed by atoms with Crippen LogP contribution in [-0.2, 0) is 0 Å². The highest BCUT2D eigenvalue weighted by molar-refractivity contribution is 4.60. The Labute approximate surface area is 77.2 Å². The number of rotatable bonds is 6. The Morgan fingerprint density at radius 1 is 1.08 bits per heavy atom. The highest BCUT2D eigenvalue weighted by Gasteiger charge is 2.07. The summed E-state index contributed by atoms with van der Waals surface area (Å²) >= 11 is 0. The molecule has 0 bridgehead atoms. The molecule has 0 aromatic heterocycles. The molecule has 12 heavy (non-hydrogen) atoms. The lowest BCUT2D eigenvalue weighted by molar-refractivity contribution is 0.149.